The summed E-state index contributed by atoms with van der Waals surface area (Å²) in [5, 5.41) is 5.61. The molecule has 0 saturated carbocycles. The highest BCUT2D eigenvalue weighted by atomic mass is 16.3. The third-order valence-corrected chi connectivity index (χ3v) is 7.45. The quantitative estimate of drug-likeness (QED) is 0.243. The molecule has 0 unspecified atom stereocenters. The molecule has 0 aliphatic rings. The molecular weight excluding hydrogens is 476 g/mol. The molecule has 0 saturated heterocycles. The van der Waals surface area contributed by atoms with Crippen molar-refractivity contribution in [2.75, 3.05) is 0 Å². The molecule has 3 heteroatoms. The van der Waals surface area contributed by atoms with Crippen LogP contribution in [0.3, 0.4) is 0 Å². The van der Waals surface area contributed by atoms with E-state index in [9.17, 15) is 0 Å². The first-order valence-electron chi connectivity index (χ1n) is 13.1. The zero-order valence-corrected chi connectivity index (χ0v) is 21.0. The van der Waals surface area contributed by atoms with Gasteiger partial charge in [-0.25, -0.2) is 9.97 Å². The molecule has 2 aromatic heterocycles. The van der Waals surface area contributed by atoms with Crippen LogP contribution in [0.25, 0.3) is 77.4 Å². The molecular formula is C36H22N2O. The Labute approximate surface area is 225 Å². The number of nitrogens with zero attached hydrogens (tertiary/aromatic N) is 2. The summed E-state index contributed by atoms with van der Waals surface area (Å²) in [6.07, 6.45) is 0. The van der Waals surface area contributed by atoms with Crippen LogP contribution in [-0.2, 0) is 0 Å². The standard InChI is InChI=1S/C36H22N2O/c1-3-11-23(12-4-1)35-29-21-26(19-20-30(29)37-36(38-35)24-13-5-2-6-14-24)33-27-16-8-7-15-25(27)22-32-34(33)28-17-9-10-18-31(28)39-32/h1-22H. The van der Waals surface area contributed by atoms with Crippen molar-refractivity contribution in [1.82, 2.24) is 9.97 Å². The average molecular weight is 499 g/mol. The maximum absolute atomic E-state index is 6.34. The monoisotopic (exact) mass is 498 g/mol. The van der Waals surface area contributed by atoms with Crippen LogP contribution in [0, 0.1) is 0 Å². The second kappa shape index (κ2) is 8.64. The third-order valence-electron chi connectivity index (χ3n) is 7.45. The fourth-order valence-corrected chi connectivity index (χ4v) is 5.67. The van der Waals surface area contributed by atoms with E-state index < -0.39 is 0 Å². The van der Waals surface area contributed by atoms with Crippen molar-refractivity contribution in [2.45, 2.75) is 0 Å². The van der Waals surface area contributed by atoms with Gasteiger partial charge in [-0.05, 0) is 40.6 Å². The van der Waals surface area contributed by atoms with E-state index in [4.69, 9.17) is 14.4 Å². The van der Waals surface area contributed by atoms with Crippen LogP contribution in [0.2, 0.25) is 0 Å². The van der Waals surface area contributed by atoms with Gasteiger partial charge >= 0.3 is 0 Å². The second-order valence-corrected chi connectivity index (χ2v) is 9.80. The van der Waals surface area contributed by atoms with Crippen molar-refractivity contribution in [3.8, 4) is 33.8 Å². The van der Waals surface area contributed by atoms with Gasteiger partial charge in [-0.2, -0.15) is 0 Å². The molecule has 0 atom stereocenters. The zero-order chi connectivity index (χ0) is 25.8. The number of rotatable bonds is 3. The molecule has 0 amide bonds. The highest BCUT2D eigenvalue weighted by Gasteiger charge is 2.18. The summed E-state index contributed by atoms with van der Waals surface area (Å²) >= 11 is 0. The van der Waals surface area contributed by atoms with E-state index in [0.717, 1.165) is 66.4 Å². The maximum Gasteiger partial charge on any atom is 0.160 e. The normalized spacial score (nSPS) is 11.6. The lowest BCUT2D eigenvalue weighted by molar-refractivity contribution is 0.669. The van der Waals surface area contributed by atoms with Crippen molar-refractivity contribution in [2.24, 2.45) is 0 Å². The topological polar surface area (TPSA) is 38.9 Å². The second-order valence-electron chi connectivity index (χ2n) is 9.80. The van der Waals surface area contributed by atoms with Crippen LogP contribution in [0.5, 0.6) is 0 Å². The van der Waals surface area contributed by atoms with Crippen molar-refractivity contribution in [3.05, 3.63) is 133 Å². The fourth-order valence-electron chi connectivity index (χ4n) is 5.67. The number of aromatic nitrogens is 2. The number of hydrogen-bond donors (Lipinski definition) is 0. The Morgan fingerprint density at radius 3 is 1.97 bits per heavy atom. The lowest BCUT2D eigenvalue weighted by Gasteiger charge is -2.13. The number of hydrogen-bond acceptors (Lipinski definition) is 3. The van der Waals surface area contributed by atoms with Gasteiger partial charge in [0.2, 0.25) is 0 Å². The average Bonchev–Trinajstić information content (AvgIpc) is 3.38. The zero-order valence-electron chi connectivity index (χ0n) is 21.0. The Morgan fingerprint density at radius 2 is 1.15 bits per heavy atom. The first kappa shape index (κ1) is 21.8. The Morgan fingerprint density at radius 1 is 0.462 bits per heavy atom. The fraction of sp³-hybridized carbons (Fsp3) is 0. The lowest BCUT2D eigenvalue weighted by Crippen LogP contribution is -1.96. The first-order chi connectivity index (χ1) is 19.3. The Balaban J connectivity index is 1.47. The van der Waals surface area contributed by atoms with Crippen molar-refractivity contribution >= 4 is 43.6 Å². The third kappa shape index (κ3) is 3.52. The summed E-state index contributed by atoms with van der Waals surface area (Å²) in [5.74, 6) is 0.725. The van der Waals surface area contributed by atoms with Gasteiger partial charge in [0.15, 0.2) is 5.82 Å². The molecule has 182 valence electrons. The Kier molecular flexibility index (Phi) is 4.82. The van der Waals surface area contributed by atoms with Crippen LogP contribution < -0.4 is 0 Å². The molecule has 8 rings (SSSR count). The van der Waals surface area contributed by atoms with Crippen LogP contribution in [0.15, 0.2) is 138 Å². The minimum atomic E-state index is 0.725. The molecule has 0 aliphatic heterocycles. The Bertz CT molecular complexity index is 2160. The molecule has 0 N–H and O–H groups in total. The minimum Gasteiger partial charge on any atom is -0.456 e. The molecule has 0 bridgehead atoms. The molecule has 0 fully saturated rings. The Hall–Kier alpha value is -5.28. The van der Waals surface area contributed by atoms with Gasteiger partial charge in [-0.3, -0.25) is 0 Å². The molecule has 0 spiro atoms. The lowest BCUT2D eigenvalue weighted by atomic mass is 9.92. The largest absolute Gasteiger partial charge is 0.456 e. The highest BCUT2D eigenvalue weighted by molar-refractivity contribution is 6.21. The van der Waals surface area contributed by atoms with Gasteiger partial charge < -0.3 is 4.42 Å². The predicted octanol–water partition coefficient (Wildman–Crippen LogP) is 9.68. The van der Waals surface area contributed by atoms with Gasteiger partial charge in [0.05, 0.1) is 11.2 Å². The summed E-state index contributed by atoms with van der Waals surface area (Å²) in [6.45, 7) is 0. The van der Waals surface area contributed by atoms with Gasteiger partial charge in [-0.1, -0.05) is 109 Å². The van der Waals surface area contributed by atoms with Crippen molar-refractivity contribution in [1.29, 1.82) is 0 Å². The summed E-state index contributed by atoms with van der Waals surface area (Å²) in [6, 6.07) is 46.1. The van der Waals surface area contributed by atoms with Crippen molar-refractivity contribution in [3.63, 3.8) is 0 Å². The number of para-hydroxylation sites is 1. The molecule has 0 aliphatic carbocycles. The number of benzene rings is 6. The maximum atomic E-state index is 6.34. The smallest absolute Gasteiger partial charge is 0.160 e. The molecule has 2 heterocycles. The van der Waals surface area contributed by atoms with E-state index in [1.54, 1.807) is 0 Å². The highest BCUT2D eigenvalue weighted by Crippen LogP contribution is 2.43. The molecule has 3 nitrogen and oxygen atoms in total. The predicted molar refractivity (Wildman–Crippen MR) is 161 cm³/mol. The minimum absolute atomic E-state index is 0.725. The van der Waals surface area contributed by atoms with Crippen LogP contribution >= 0.6 is 0 Å². The van der Waals surface area contributed by atoms with Gasteiger partial charge in [0.1, 0.15) is 11.2 Å². The van der Waals surface area contributed by atoms with Gasteiger partial charge in [0, 0.05) is 32.8 Å². The molecule has 39 heavy (non-hydrogen) atoms. The van der Waals surface area contributed by atoms with Crippen LogP contribution in [0.4, 0.5) is 0 Å². The van der Waals surface area contributed by atoms with Crippen LogP contribution in [0.1, 0.15) is 0 Å². The van der Waals surface area contributed by atoms with E-state index in [1.165, 1.54) is 10.9 Å². The summed E-state index contributed by atoms with van der Waals surface area (Å²) in [5.41, 5.74) is 7.98. The van der Waals surface area contributed by atoms with E-state index >= 15 is 0 Å². The first-order valence-corrected chi connectivity index (χ1v) is 13.1. The molecule has 6 aromatic carbocycles. The number of furan rings is 1. The number of fused-ring (bicyclic) bond motifs is 5. The summed E-state index contributed by atoms with van der Waals surface area (Å²) in [7, 11) is 0. The van der Waals surface area contributed by atoms with E-state index in [0.29, 0.717) is 0 Å². The van der Waals surface area contributed by atoms with Crippen LogP contribution in [-0.4, -0.2) is 9.97 Å². The van der Waals surface area contributed by atoms with Gasteiger partial charge in [-0.15, -0.1) is 0 Å². The van der Waals surface area contributed by atoms with E-state index in [2.05, 4.69) is 97.1 Å². The van der Waals surface area contributed by atoms with E-state index in [-0.39, 0.29) is 0 Å². The summed E-state index contributed by atoms with van der Waals surface area (Å²) < 4.78 is 6.34. The van der Waals surface area contributed by atoms with E-state index in [1.807, 2.05) is 36.4 Å². The molecule has 0 radical (unpaired) electrons. The SMILES string of the molecule is c1ccc(-c2nc(-c3ccccc3)c3cc(-c4c5ccccc5cc5oc6ccccc6c45)ccc3n2)cc1. The summed E-state index contributed by atoms with van der Waals surface area (Å²) in [4.78, 5) is 10.1. The van der Waals surface area contributed by atoms with Gasteiger partial charge in [0.25, 0.3) is 0 Å². The molecule has 8 aromatic rings. The van der Waals surface area contributed by atoms with Crippen molar-refractivity contribution < 1.29 is 4.42 Å².